The third-order valence-electron chi connectivity index (χ3n) is 5.15. The molecule has 0 bridgehead atoms. The number of aromatic nitrogens is 2. The van der Waals surface area contributed by atoms with Gasteiger partial charge in [0.2, 0.25) is 0 Å². The first-order valence-corrected chi connectivity index (χ1v) is 10.3. The molecule has 164 valence electrons. The zero-order valence-electron chi connectivity index (χ0n) is 19.0. The van der Waals surface area contributed by atoms with Crippen molar-refractivity contribution in [3.05, 3.63) is 54.2 Å². The second kappa shape index (κ2) is 9.55. The predicted molar refractivity (Wildman–Crippen MR) is 128 cm³/mol. The van der Waals surface area contributed by atoms with Gasteiger partial charge in [0.1, 0.15) is 24.0 Å². The maximum atomic E-state index is 11.4. The molecule has 0 aliphatic rings. The van der Waals surface area contributed by atoms with Crippen molar-refractivity contribution in [3.8, 4) is 5.75 Å². The maximum Gasteiger partial charge on any atom is 0.153 e. The number of nitrogens with zero attached hydrogens (tertiary/aromatic N) is 3. The van der Waals surface area contributed by atoms with E-state index in [0.717, 1.165) is 40.3 Å². The number of nitrogens with one attached hydrogen (secondary N) is 2. The third kappa shape index (κ3) is 4.99. The molecule has 0 saturated heterocycles. The van der Waals surface area contributed by atoms with Crippen LogP contribution in [0.3, 0.4) is 0 Å². The topological polar surface area (TPSA) is 73.5 Å². The van der Waals surface area contributed by atoms with Crippen LogP contribution < -0.4 is 19.9 Å². The Kier molecular flexibility index (Phi) is 6.84. The van der Waals surface area contributed by atoms with E-state index in [-0.39, 0.29) is 12.2 Å². The van der Waals surface area contributed by atoms with E-state index in [1.165, 1.54) is 0 Å². The molecular weight excluding hydrogens is 390 g/mol. The number of aldehydes is 1. The molecule has 2 aromatic heterocycles. The number of aromatic amines is 1. The molecule has 1 unspecified atom stereocenters. The minimum absolute atomic E-state index is 0.247. The van der Waals surface area contributed by atoms with Crippen LogP contribution in [0.2, 0.25) is 0 Å². The molecule has 0 aliphatic carbocycles. The van der Waals surface area contributed by atoms with Crippen LogP contribution in [0.4, 0.5) is 17.3 Å². The lowest BCUT2D eigenvalue weighted by Crippen LogP contribution is -2.45. The molecule has 31 heavy (non-hydrogen) atoms. The van der Waals surface area contributed by atoms with Gasteiger partial charge >= 0.3 is 0 Å². The Balaban J connectivity index is 2.02. The summed E-state index contributed by atoms with van der Waals surface area (Å²) in [5, 5.41) is 4.51. The number of ether oxygens (including phenoxy) is 1. The van der Waals surface area contributed by atoms with Gasteiger partial charge < -0.3 is 24.8 Å². The number of benzene rings is 1. The van der Waals surface area contributed by atoms with Crippen LogP contribution in [0.15, 0.2) is 54.2 Å². The fourth-order valence-corrected chi connectivity index (χ4v) is 3.54. The number of hydrogen-bond donors (Lipinski definition) is 2. The number of carbonyl (C=O) groups excluding carboxylic acids is 1. The van der Waals surface area contributed by atoms with Crippen LogP contribution in [0.1, 0.15) is 20.8 Å². The first-order valence-electron chi connectivity index (χ1n) is 10.3. The van der Waals surface area contributed by atoms with Gasteiger partial charge in [-0.3, -0.25) is 4.79 Å². The summed E-state index contributed by atoms with van der Waals surface area (Å²) in [6.07, 6.45) is 4.34. The molecule has 0 fully saturated rings. The SMILES string of the molecule is COc1ccc2[nH]c(N(C)C(C=C(C)C=O)N(C)c3ncccc3NC(C)C)cc2c1. The monoisotopic (exact) mass is 421 g/mol. The van der Waals surface area contributed by atoms with E-state index < -0.39 is 0 Å². The lowest BCUT2D eigenvalue weighted by molar-refractivity contribution is -0.104. The Bertz CT molecular complexity index is 1070. The Labute approximate surface area is 183 Å². The molecule has 0 aliphatic heterocycles. The average molecular weight is 422 g/mol. The van der Waals surface area contributed by atoms with Crippen molar-refractivity contribution < 1.29 is 9.53 Å². The number of fused-ring (bicyclic) bond motifs is 1. The minimum Gasteiger partial charge on any atom is -0.497 e. The molecule has 0 spiro atoms. The van der Waals surface area contributed by atoms with E-state index in [0.29, 0.717) is 5.57 Å². The van der Waals surface area contributed by atoms with E-state index in [2.05, 4.69) is 45.0 Å². The molecule has 2 heterocycles. The number of likely N-dealkylation sites (N-methyl/N-ethyl adjacent to an activating group) is 2. The summed E-state index contributed by atoms with van der Waals surface area (Å²) in [6, 6.07) is 12.2. The summed E-state index contributed by atoms with van der Waals surface area (Å²) >= 11 is 0. The van der Waals surface area contributed by atoms with E-state index in [4.69, 9.17) is 4.74 Å². The van der Waals surface area contributed by atoms with Crippen molar-refractivity contribution in [3.63, 3.8) is 0 Å². The zero-order valence-corrected chi connectivity index (χ0v) is 19.0. The van der Waals surface area contributed by atoms with Crippen LogP contribution in [0, 0.1) is 0 Å². The number of allylic oxidation sites excluding steroid dienone is 1. The summed E-state index contributed by atoms with van der Waals surface area (Å²) in [6.45, 7) is 5.99. The van der Waals surface area contributed by atoms with Crippen LogP contribution in [0.25, 0.3) is 10.9 Å². The van der Waals surface area contributed by atoms with E-state index in [1.807, 2.05) is 57.4 Å². The Hall–Kier alpha value is -3.48. The number of H-pyrrole nitrogens is 1. The van der Waals surface area contributed by atoms with Gasteiger partial charge in [0, 0.05) is 37.2 Å². The van der Waals surface area contributed by atoms with Gasteiger partial charge in [-0.1, -0.05) is 0 Å². The van der Waals surface area contributed by atoms with Crippen LogP contribution >= 0.6 is 0 Å². The molecule has 2 N–H and O–H groups in total. The van der Waals surface area contributed by atoms with E-state index in [9.17, 15) is 4.79 Å². The molecular formula is C24H31N5O2. The zero-order chi connectivity index (χ0) is 22.5. The lowest BCUT2D eigenvalue weighted by atomic mass is 10.2. The standard InChI is InChI=1S/C24H31N5O2/c1-16(2)26-21-8-7-11-25-24(21)29(5)23(12-17(3)15-30)28(4)22-14-18-13-19(31-6)9-10-20(18)27-22/h7-16,23,26-27H,1-6H3. The normalized spacial score (nSPS) is 12.7. The molecule has 1 atom stereocenters. The number of anilines is 3. The summed E-state index contributed by atoms with van der Waals surface area (Å²) in [4.78, 5) is 23.7. The number of carbonyl (C=O) groups is 1. The minimum atomic E-state index is -0.247. The second-order valence-corrected chi connectivity index (χ2v) is 7.95. The Morgan fingerprint density at radius 1 is 1.19 bits per heavy atom. The van der Waals surface area contributed by atoms with Gasteiger partial charge in [-0.2, -0.15) is 0 Å². The molecule has 7 heteroatoms. The van der Waals surface area contributed by atoms with Crippen molar-refractivity contribution >= 4 is 34.5 Å². The fourth-order valence-electron chi connectivity index (χ4n) is 3.54. The molecule has 0 saturated carbocycles. The average Bonchev–Trinajstić information content (AvgIpc) is 3.19. The smallest absolute Gasteiger partial charge is 0.153 e. The Morgan fingerprint density at radius 3 is 2.65 bits per heavy atom. The molecule has 7 nitrogen and oxygen atoms in total. The van der Waals surface area contributed by atoms with Gasteiger partial charge in [-0.05, 0) is 68.8 Å². The van der Waals surface area contributed by atoms with Gasteiger partial charge in [0.25, 0.3) is 0 Å². The number of methoxy groups -OCH3 is 1. The molecule has 0 amide bonds. The highest BCUT2D eigenvalue weighted by atomic mass is 16.5. The van der Waals surface area contributed by atoms with Crippen LogP contribution in [-0.4, -0.2) is 49.7 Å². The molecule has 3 aromatic rings. The van der Waals surface area contributed by atoms with Gasteiger partial charge in [0.15, 0.2) is 5.82 Å². The number of hydrogen-bond acceptors (Lipinski definition) is 6. The summed E-state index contributed by atoms with van der Waals surface area (Å²) in [5.74, 6) is 2.54. The van der Waals surface area contributed by atoms with Crippen LogP contribution in [0.5, 0.6) is 5.75 Å². The molecule has 1 aromatic carbocycles. The highest BCUT2D eigenvalue weighted by molar-refractivity contribution is 5.85. The van der Waals surface area contributed by atoms with Crippen molar-refractivity contribution in [2.45, 2.75) is 33.0 Å². The van der Waals surface area contributed by atoms with Crippen molar-refractivity contribution in [2.75, 3.05) is 36.3 Å². The second-order valence-electron chi connectivity index (χ2n) is 7.95. The highest BCUT2D eigenvalue weighted by Crippen LogP contribution is 2.30. The van der Waals surface area contributed by atoms with E-state index in [1.54, 1.807) is 13.3 Å². The van der Waals surface area contributed by atoms with Crippen LogP contribution in [-0.2, 0) is 4.79 Å². The van der Waals surface area contributed by atoms with Crippen molar-refractivity contribution in [1.29, 1.82) is 0 Å². The van der Waals surface area contributed by atoms with Crippen molar-refractivity contribution in [2.24, 2.45) is 0 Å². The fraction of sp³-hybridized carbons (Fsp3) is 0.333. The molecule has 3 rings (SSSR count). The maximum absolute atomic E-state index is 11.4. The largest absolute Gasteiger partial charge is 0.497 e. The highest BCUT2D eigenvalue weighted by Gasteiger charge is 2.23. The predicted octanol–water partition coefficient (Wildman–Crippen LogP) is 4.44. The van der Waals surface area contributed by atoms with Gasteiger partial charge in [0.05, 0.1) is 12.8 Å². The summed E-state index contributed by atoms with van der Waals surface area (Å²) in [7, 11) is 5.64. The molecule has 0 radical (unpaired) electrons. The van der Waals surface area contributed by atoms with Crippen molar-refractivity contribution in [1.82, 2.24) is 9.97 Å². The first-order chi connectivity index (χ1) is 14.8. The van der Waals surface area contributed by atoms with Gasteiger partial charge in [-0.25, -0.2) is 4.98 Å². The first kappa shape index (κ1) is 22.2. The van der Waals surface area contributed by atoms with E-state index >= 15 is 0 Å². The lowest BCUT2D eigenvalue weighted by Gasteiger charge is -2.36. The Morgan fingerprint density at radius 2 is 1.97 bits per heavy atom. The summed E-state index contributed by atoms with van der Waals surface area (Å²) < 4.78 is 5.35. The quantitative estimate of drug-likeness (QED) is 0.302. The number of rotatable bonds is 9. The third-order valence-corrected chi connectivity index (χ3v) is 5.15. The summed E-state index contributed by atoms with van der Waals surface area (Å²) in [5.41, 5.74) is 2.60. The van der Waals surface area contributed by atoms with Gasteiger partial charge in [-0.15, -0.1) is 0 Å². The number of pyridine rings is 1.